The number of nitro benzene ring substituents is 1. The lowest BCUT2D eigenvalue weighted by Gasteiger charge is -2.07. The quantitative estimate of drug-likeness (QED) is 0.478. The van der Waals surface area contributed by atoms with E-state index in [0.717, 1.165) is 9.26 Å². The minimum atomic E-state index is -0.402. The fourth-order valence-electron chi connectivity index (χ4n) is 1.64. The van der Waals surface area contributed by atoms with Crippen LogP contribution in [0.25, 0.3) is 0 Å². The van der Waals surface area contributed by atoms with Crippen LogP contribution in [0.3, 0.4) is 0 Å². The fourth-order valence-corrected chi connectivity index (χ4v) is 2.19. The van der Waals surface area contributed by atoms with Gasteiger partial charge in [0, 0.05) is 26.9 Å². The van der Waals surface area contributed by atoms with E-state index in [1.807, 2.05) is 24.3 Å². The number of nitrogens with zero attached hydrogens (tertiary/aromatic N) is 1. The third-order valence-corrected chi connectivity index (χ3v) is 3.52. The second kappa shape index (κ2) is 6.21. The number of rotatable bonds is 4. The summed E-state index contributed by atoms with van der Waals surface area (Å²) in [5.74, 6) is 0. The Morgan fingerprint density at radius 2 is 1.89 bits per heavy atom. The minimum Gasteiger partial charge on any atom is -0.381 e. The zero-order valence-corrected chi connectivity index (χ0v) is 12.7. The van der Waals surface area contributed by atoms with E-state index in [1.165, 1.54) is 12.1 Å². The van der Waals surface area contributed by atoms with Crippen molar-refractivity contribution in [3.63, 3.8) is 0 Å². The van der Waals surface area contributed by atoms with E-state index in [9.17, 15) is 10.1 Å². The largest absolute Gasteiger partial charge is 0.381 e. The van der Waals surface area contributed by atoms with Gasteiger partial charge in [0.1, 0.15) is 0 Å². The minimum absolute atomic E-state index is 0.0717. The maximum absolute atomic E-state index is 10.9. The van der Waals surface area contributed by atoms with E-state index < -0.39 is 4.92 Å². The van der Waals surface area contributed by atoms with Crippen molar-refractivity contribution < 1.29 is 4.92 Å². The lowest BCUT2D eigenvalue weighted by Crippen LogP contribution is -2.03. The summed E-state index contributed by atoms with van der Waals surface area (Å²) in [7, 11) is 0. The van der Waals surface area contributed by atoms with E-state index in [-0.39, 0.29) is 5.69 Å². The molecule has 0 aliphatic rings. The number of anilines is 1. The first kappa shape index (κ1) is 14.1. The van der Waals surface area contributed by atoms with Crippen molar-refractivity contribution in [1.29, 1.82) is 0 Å². The molecule has 0 unspecified atom stereocenters. The van der Waals surface area contributed by atoms with E-state index in [0.29, 0.717) is 17.1 Å². The van der Waals surface area contributed by atoms with Gasteiger partial charge in [0.05, 0.1) is 10.5 Å². The Hall–Kier alpha value is -1.34. The van der Waals surface area contributed by atoms with Crippen molar-refractivity contribution in [1.82, 2.24) is 0 Å². The highest BCUT2D eigenvalue weighted by molar-refractivity contribution is 14.1. The van der Waals surface area contributed by atoms with Gasteiger partial charge in [0.2, 0.25) is 0 Å². The fraction of sp³-hybridized carbons (Fsp3) is 0.0769. The van der Waals surface area contributed by atoms with Crippen molar-refractivity contribution in [2.75, 3.05) is 5.32 Å². The molecule has 0 atom stereocenters. The number of benzene rings is 2. The number of hydrogen-bond acceptors (Lipinski definition) is 3. The molecule has 0 aliphatic carbocycles. The highest BCUT2D eigenvalue weighted by Gasteiger charge is 2.13. The smallest absolute Gasteiger partial charge is 0.274 e. The molecule has 2 aromatic carbocycles. The first-order valence-electron chi connectivity index (χ1n) is 5.48. The van der Waals surface area contributed by atoms with Crippen LogP contribution >= 0.6 is 34.2 Å². The van der Waals surface area contributed by atoms with Crippen LogP contribution in [0.1, 0.15) is 5.56 Å². The number of nitro groups is 1. The second-order valence-electron chi connectivity index (χ2n) is 3.89. The van der Waals surface area contributed by atoms with Crippen LogP contribution in [0.15, 0.2) is 42.5 Å². The van der Waals surface area contributed by atoms with Gasteiger partial charge in [-0.15, -0.1) is 0 Å². The van der Waals surface area contributed by atoms with Gasteiger partial charge in [-0.3, -0.25) is 10.1 Å². The van der Waals surface area contributed by atoms with Gasteiger partial charge in [0.25, 0.3) is 5.69 Å². The summed E-state index contributed by atoms with van der Waals surface area (Å²) < 4.78 is 1.14. The second-order valence-corrected chi connectivity index (χ2v) is 5.57. The molecule has 0 amide bonds. The normalized spacial score (nSPS) is 10.2. The molecule has 0 saturated carbocycles. The first-order valence-corrected chi connectivity index (χ1v) is 6.94. The van der Waals surface area contributed by atoms with Gasteiger partial charge < -0.3 is 5.32 Å². The van der Waals surface area contributed by atoms with Crippen molar-refractivity contribution in [2.24, 2.45) is 0 Å². The van der Waals surface area contributed by atoms with E-state index in [4.69, 9.17) is 11.6 Å². The lowest BCUT2D eigenvalue weighted by atomic mass is 10.1. The Kier molecular flexibility index (Phi) is 4.60. The number of halogens is 2. The van der Waals surface area contributed by atoms with Crippen molar-refractivity contribution in [2.45, 2.75) is 6.54 Å². The van der Waals surface area contributed by atoms with Crippen LogP contribution in [0, 0.1) is 13.7 Å². The van der Waals surface area contributed by atoms with Crippen molar-refractivity contribution in [3.05, 3.63) is 66.7 Å². The lowest BCUT2D eigenvalue weighted by molar-refractivity contribution is -0.385. The van der Waals surface area contributed by atoms with Gasteiger partial charge in [-0.25, -0.2) is 0 Å². The molecular formula is C13H10ClIN2O2. The van der Waals surface area contributed by atoms with E-state index >= 15 is 0 Å². The molecule has 0 saturated heterocycles. The summed E-state index contributed by atoms with van der Waals surface area (Å²) in [6.45, 7) is 0.359. The van der Waals surface area contributed by atoms with E-state index in [2.05, 4.69) is 27.9 Å². The highest BCUT2D eigenvalue weighted by atomic mass is 127. The molecular weight excluding hydrogens is 379 g/mol. The molecule has 0 heterocycles. The molecule has 1 N–H and O–H groups in total. The summed E-state index contributed by atoms with van der Waals surface area (Å²) in [5, 5.41) is 14.6. The summed E-state index contributed by atoms with van der Waals surface area (Å²) in [5.41, 5.74) is 1.55. The maximum atomic E-state index is 10.9. The zero-order chi connectivity index (χ0) is 13.8. The molecule has 0 aliphatic heterocycles. The molecule has 0 aromatic heterocycles. The van der Waals surface area contributed by atoms with Gasteiger partial charge in [-0.05, 0) is 59.0 Å². The van der Waals surface area contributed by atoms with Gasteiger partial charge in [-0.2, -0.15) is 0 Å². The van der Waals surface area contributed by atoms with Crippen LogP contribution < -0.4 is 5.32 Å². The molecule has 0 radical (unpaired) electrons. The molecule has 6 heteroatoms. The van der Waals surface area contributed by atoms with Crippen LogP contribution in [-0.4, -0.2) is 4.92 Å². The first-order chi connectivity index (χ1) is 9.06. The van der Waals surface area contributed by atoms with E-state index in [1.54, 1.807) is 6.07 Å². The Balaban J connectivity index is 2.16. The molecule has 0 spiro atoms. The molecule has 0 fully saturated rings. The van der Waals surface area contributed by atoms with Crippen LogP contribution in [0.2, 0.25) is 5.02 Å². The highest BCUT2D eigenvalue weighted by Crippen LogP contribution is 2.23. The topological polar surface area (TPSA) is 55.2 Å². The monoisotopic (exact) mass is 388 g/mol. The number of nitrogens with one attached hydrogen (secondary N) is 1. The standard InChI is InChI=1S/C13H10ClIN2O2/c14-10-1-6-13(17(18)19)9(7-10)8-16-12-4-2-11(15)3-5-12/h1-7,16H,8H2. The average molecular weight is 389 g/mol. The molecule has 2 aromatic rings. The third-order valence-electron chi connectivity index (χ3n) is 2.57. The van der Waals surface area contributed by atoms with Crippen molar-refractivity contribution in [3.8, 4) is 0 Å². The van der Waals surface area contributed by atoms with Gasteiger partial charge in [-0.1, -0.05) is 11.6 Å². The molecule has 0 bridgehead atoms. The summed E-state index contributed by atoms with van der Waals surface area (Å²) in [4.78, 5) is 10.5. The third kappa shape index (κ3) is 3.81. The molecule has 2 rings (SSSR count). The zero-order valence-electron chi connectivity index (χ0n) is 9.77. The molecule has 98 valence electrons. The Morgan fingerprint density at radius 1 is 1.21 bits per heavy atom. The van der Waals surface area contributed by atoms with Crippen LogP contribution in [0.5, 0.6) is 0 Å². The predicted molar refractivity (Wildman–Crippen MR) is 84.6 cm³/mol. The summed E-state index contributed by atoms with van der Waals surface area (Å²) in [6, 6.07) is 12.3. The maximum Gasteiger partial charge on any atom is 0.274 e. The SMILES string of the molecule is O=[N+]([O-])c1ccc(Cl)cc1CNc1ccc(I)cc1. The van der Waals surface area contributed by atoms with Gasteiger partial charge >= 0.3 is 0 Å². The molecule has 19 heavy (non-hydrogen) atoms. The Bertz CT molecular complexity index is 602. The molecule has 4 nitrogen and oxygen atoms in total. The van der Waals surface area contributed by atoms with Crippen LogP contribution in [0.4, 0.5) is 11.4 Å². The van der Waals surface area contributed by atoms with Crippen LogP contribution in [-0.2, 0) is 6.54 Å². The predicted octanol–water partition coefficient (Wildman–Crippen LogP) is 4.46. The summed E-state index contributed by atoms with van der Waals surface area (Å²) in [6.07, 6.45) is 0. The van der Waals surface area contributed by atoms with Gasteiger partial charge in [0.15, 0.2) is 0 Å². The Labute approximate surface area is 129 Å². The van der Waals surface area contributed by atoms with Crippen molar-refractivity contribution >= 4 is 45.6 Å². The Morgan fingerprint density at radius 3 is 2.53 bits per heavy atom. The summed E-state index contributed by atoms with van der Waals surface area (Å²) >= 11 is 8.09. The average Bonchev–Trinajstić information content (AvgIpc) is 2.38. The number of hydrogen-bond donors (Lipinski definition) is 1.